The summed E-state index contributed by atoms with van der Waals surface area (Å²) in [5.74, 6) is 0. The molecule has 81 valence electrons. The van der Waals surface area contributed by atoms with Crippen LogP contribution in [0.25, 0.3) is 0 Å². The molecule has 0 aliphatic rings. The van der Waals surface area contributed by atoms with Crippen LogP contribution in [0.2, 0.25) is 0 Å². The summed E-state index contributed by atoms with van der Waals surface area (Å²) in [7, 11) is 0. The lowest BCUT2D eigenvalue weighted by atomic mass is 10.1. The molecule has 0 saturated heterocycles. The minimum atomic E-state index is 0.732. The first kappa shape index (κ1) is 10.6. The Morgan fingerprint density at radius 3 is 2.94 bits per heavy atom. The molecule has 0 fully saturated rings. The normalized spacial score (nSPS) is 10.1. The molecule has 2 nitrogen and oxygen atoms in total. The van der Waals surface area contributed by atoms with Crippen LogP contribution in [0.15, 0.2) is 42.5 Å². The minimum Gasteiger partial charge on any atom is -0.397 e. The molecule has 2 heteroatoms. The first-order valence-electron chi connectivity index (χ1n) is 5.31. The maximum absolute atomic E-state index is 5.82. The summed E-state index contributed by atoms with van der Waals surface area (Å²) in [5, 5.41) is 3.31. The summed E-state index contributed by atoms with van der Waals surface area (Å²) >= 11 is 0. The van der Waals surface area contributed by atoms with Crippen LogP contribution in [-0.4, -0.2) is 0 Å². The van der Waals surface area contributed by atoms with Gasteiger partial charge in [-0.05, 0) is 30.7 Å². The first-order chi connectivity index (χ1) is 7.75. The van der Waals surface area contributed by atoms with Crippen molar-refractivity contribution in [2.75, 3.05) is 11.1 Å². The van der Waals surface area contributed by atoms with E-state index in [-0.39, 0.29) is 0 Å². The fourth-order valence-corrected chi connectivity index (χ4v) is 1.62. The van der Waals surface area contributed by atoms with Crippen LogP contribution in [0.5, 0.6) is 0 Å². The van der Waals surface area contributed by atoms with Gasteiger partial charge in [0.05, 0.1) is 11.4 Å². The van der Waals surface area contributed by atoms with Gasteiger partial charge in [0.15, 0.2) is 0 Å². The van der Waals surface area contributed by atoms with E-state index in [1.807, 2.05) is 12.1 Å². The molecule has 1 radical (unpaired) electrons. The molecule has 0 aliphatic carbocycles. The highest BCUT2D eigenvalue weighted by molar-refractivity contribution is 5.65. The maximum Gasteiger partial charge on any atom is 0.0577 e. The summed E-state index contributed by atoms with van der Waals surface area (Å²) < 4.78 is 0. The second-order valence-corrected chi connectivity index (χ2v) is 3.86. The molecule has 0 amide bonds. The zero-order chi connectivity index (χ0) is 11.4. The third kappa shape index (κ3) is 2.54. The number of aryl methyl sites for hydroxylation is 1. The SMILES string of the molecule is Cc1cccc(CNc2cc[c]cc2N)c1. The Kier molecular flexibility index (Phi) is 3.10. The summed E-state index contributed by atoms with van der Waals surface area (Å²) in [6.07, 6.45) is 0. The average Bonchev–Trinajstić information content (AvgIpc) is 2.28. The number of anilines is 2. The van der Waals surface area contributed by atoms with Crippen molar-refractivity contribution in [3.8, 4) is 0 Å². The number of rotatable bonds is 3. The monoisotopic (exact) mass is 211 g/mol. The topological polar surface area (TPSA) is 38.0 Å². The predicted octanol–water partition coefficient (Wildman–Crippen LogP) is 2.99. The Morgan fingerprint density at radius 2 is 2.19 bits per heavy atom. The van der Waals surface area contributed by atoms with Crippen molar-refractivity contribution in [3.63, 3.8) is 0 Å². The fourth-order valence-electron chi connectivity index (χ4n) is 1.62. The molecular weight excluding hydrogens is 196 g/mol. The highest BCUT2D eigenvalue weighted by Crippen LogP contribution is 2.17. The number of nitrogens with two attached hydrogens (primary N) is 1. The Labute approximate surface area is 96.1 Å². The third-order valence-electron chi connectivity index (χ3n) is 2.46. The van der Waals surface area contributed by atoms with Gasteiger partial charge in [-0.2, -0.15) is 0 Å². The standard InChI is InChI=1S/C14H15N2/c1-11-5-4-6-12(9-11)10-16-14-8-3-2-7-13(14)15/h3-9,16H,10,15H2,1H3. The fraction of sp³-hybridized carbons (Fsp3) is 0.143. The molecule has 0 spiro atoms. The highest BCUT2D eigenvalue weighted by Gasteiger charge is 1.97. The molecule has 0 unspecified atom stereocenters. The zero-order valence-electron chi connectivity index (χ0n) is 9.33. The molecule has 16 heavy (non-hydrogen) atoms. The van der Waals surface area contributed by atoms with Crippen LogP contribution < -0.4 is 11.1 Å². The summed E-state index contributed by atoms with van der Waals surface area (Å²) in [6.45, 7) is 2.88. The molecule has 3 N–H and O–H groups in total. The number of nitrogens with one attached hydrogen (secondary N) is 1. The van der Waals surface area contributed by atoms with Crippen LogP contribution in [0, 0.1) is 13.0 Å². The van der Waals surface area contributed by atoms with E-state index < -0.39 is 0 Å². The maximum atomic E-state index is 5.82. The van der Waals surface area contributed by atoms with Crippen molar-refractivity contribution in [2.24, 2.45) is 0 Å². The molecule has 0 heterocycles. The van der Waals surface area contributed by atoms with E-state index in [9.17, 15) is 0 Å². The van der Waals surface area contributed by atoms with E-state index in [0.29, 0.717) is 0 Å². The van der Waals surface area contributed by atoms with Gasteiger partial charge in [0.2, 0.25) is 0 Å². The van der Waals surface area contributed by atoms with Crippen molar-refractivity contribution in [1.82, 2.24) is 0 Å². The number of hydrogen-bond donors (Lipinski definition) is 2. The van der Waals surface area contributed by atoms with Crippen LogP contribution in [0.4, 0.5) is 11.4 Å². The van der Waals surface area contributed by atoms with Gasteiger partial charge in [0, 0.05) is 6.54 Å². The third-order valence-corrected chi connectivity index (χ3v) is 2.46. The van der Waals surface area contributed by atoms with E-state index in [1.165, 1.54) is 11.1 Å². The molecule has 0 aliphatic heterocycles. The Balaban J connectivity index is 2.05. The van der Waals surface area contributed by atoms with E-state index in [2.05, 4.69) is 42.6 Å². The van der Waals surface area contributed by atoms with Gasteiger partial charge in [0.25, 0.3) is 0 Å². The smallest absolute Gasteiger partial charge is 0.0577 e. The summed E-state index contributed by atoms with van der Waals surface area (Å²) in [4.78, 5) is 0. The largest absolute Gasteiger partial charge is 0.397 e. The van der Waals surface area contributed by atoms with Gasteiger partial charge in [-0.3, -0.25) is 0 Å². The number of nitrogen functional groups attached to an aromatic ring is 1. The Hall–Kier alpha value is -1.96. The van der Waals surface area contributed by atoms with Crippen LogP contribution >= 0.6 is 0 Å². The molecule has 2 rings (SSSR count). The first-order valence-corrected chi connectivity index (χ1v) is 5.31. The van der Waals surface area contributed by atoms with Crippen molar-refractivity contribution in [2.45, 2.75) is 13.5 Å². The molecule has 0 saturated carbocycles. The number of benzene rings is 2. The zero-order valence-corrected chi connectivity index (χ0v) is 9.33. The molecule has 0 atom stereocenters. The van der Waals surface area contributed by atoms with Crippen LogP contribution in [0.3, 0.4) is 0 Å². The summed E-state index contributed by atoms with van der Waals surface area (Å²) in [6, 6.07) is 16.9. The van der Waals surface area contributed by atoms with E-state index in [1.54, 1.807) is 6.07 Å². The van der Waals surface area contributed by atoms with Gasteiger partial charge in [-0.1, -0.05) is 35.9 Å². The Bertz CT molecular complexity index is 478. The second-order valence-electron chi connectivity index (χ2n) is 3.86. The van der Waals surface area contributed by atoms with E-state index in [4.69, 9.17) is 5.73 Å². The molecule has 2 aromatic rings. The van der Waals surface area contributed by atoms with Crippen LogP contribution in [-0.2, 0) is 6.54 Å². The minimum absolute atomic E-state index is 0.732. The predicted molar refractivity (Wildman–Crippen MR) is 68.2 cm³/mol. The lowest BCUT2D eigenvalue weighted by Crippen LogP contribution is -2.02. The summed E-state index contributed by atoms with van der Waals surface area (Å²) in [5.41, 5.74) is 10.0. The Morgan fingerprint density at radius 1 is 1.31 bits per heavy atom. The van der Waals surface area contributed by atoms with Gasteiger partial charge in [0.1, 0.15) is 0 Å². The molecular formula is C14H15N2. The van der Waals surface area contributed by atoms with Gasteiger partial charge >= 0.3 is 0 Å². The van der Waals surface area contributed by atoms with E-state index >= 15 is 0 Å². The van der Waals surface area contributed by atoms with E-state index in [0.717, 1.165) is 17.9 Å². The van der Waals surface area contributed by atoms with Crippen molar-refractivity contribution >= 4 is 11.4 Å². The highest BCUT2D eigenvalue weighted by atomic mass is 14.9. The molecule has 0 bridgehead atoms. The van der Waals surface area contributed by atoms with Gasteiger partial charge < -0.3 is 11.1 Å². The van der Waals surface area contributed by atoms with Crippen molar-refractivity contribution < 1.29 is 0 Å². The lowest BCUT2D eigenvalue weighted by Gasteiger charge is -2.09. The lowest BCUT2D eigenvalue weighted by molar-refractivity contribution is 1.14. The van der Waals surface area contributed by atoms with Crippen molar-refractivity contribution in [1.29, 1.82) is 0 Å². The van der Waals surface area contributed by atoms with Gasteiger partial charge in [-0.25, -0.2) is 0 Å². The molecule has 0 aromatic heterocycles. The molecule has 2 aromatic carbocycles. The second kappa shape index (κ2) is 4.71. The van der Waals surface area contributed by atoms with Crippen molar-refractivity contribution in [3.05, 3.63) is 59.7 Å². The van der Waals surface area contributed by atoms with Crippen LogP contribution in [0.1, 0.15) is 11.1 Å². The average molecular weight is 211 g/mol. The quantitative estimate of drug-likeness (QED) is 0.766. The van der Waals surface area contributed by atoms with Gasteiger partial charge in [-0.15, -0.1) is 0 Å². The number of hydrogen-bond acceptors (Lipinski definition) is 2.